The van der Waals surface area contributed by atoms with Gasteiger partial charge in [0.15, 0.2) is 0 Å². The molecule has 2 aliphatic carbocycles. The van der Waals surface area contributed by atoms with Crippen LogP contribution in [0.2, 0.25) is 0 Å². The predicted octanol–water partition coefficient (Wildman–Crippen LogP) is 4.96. The summed E-state index contributed by atoms with van der Waals surface area (Å²) in [6.45, 7) is 13.3. The van der Waals surface area contributed by atoms with E-state index in [4.69, 9.17) is 19.8 Å². The number of rotatable bonds is 19. The third-order valence-corrected chi connectivity index (χ3v) is 11.7. The van der Waals surface area contributed by atoms with Gasteiger partial charge in [-0.3, -0.25) is 9.46 Å². The molecule has 5 N–H and O–H groups in total. The molecule has 44 heavy (non-hydrogen) atoms. The third kappa shape index (κ3) is 12.4. The molecule has 1 aliphatic heterocycles. The van der Waals surface area contributed by atoms with Crippen molar-refractivity contribution in [3.05, 3.63) is 6.07 Å². The minimum Gasteiger partial charge on any atom is -0.383 e. The number of hydrogen-bond acceptors (Lipinski definition) is 11. The van der Waals surface area contributed by atoms with E-state index in [2.05, 4.69) is 30.7 Å². The number of nitrogen functional groups attached to an aromatic ring is 1. The molecule has 0 radical (unpaired) electrons. The highest BCUT2D eigenvalue weighted by Gasteiger charge is 2.25. The summed E-state index contributed by atoms with van der Waals surface area (Å²) in [6, 6.07) is 2.65. The lowest BCUT2D eigenvalue weighted by molar-refractivity contribution is 0.215. The molecular formula is C32H61N8O3P. The molecule has 3 fully saturated rings. The second kappa shape index (κ2) is 19.2. The van der Waals surface area contributed by atoms with E-state index in [0.29, 0.717) is 37.1 Å². The highest BCUT2D eigenvalue weighted by atomic mass is 31.2. The Balaban J connectivity index is 1.09. The molecule has 2 heterocycles. The van der Waals surface area contributed by atoms with Gasteiger partial charge in [0.2, 0.25) is 5.95 Å². The Kier molecular flexibility index (Phi) is 15.5. The first-order valence-electron chi connectivity index (χ1n) is 17.6. The maximum absolute atomic E-state index is 12.7. The largest absolute Gasteiger partial charge is 0.383 e. The number of aromatic nitrogens is 2. The minimum atomic E-state index is -2.97. The van der Waals surface area contributed by atoms with Crippen molar-refractivity contribution in [3.63, 3.8) is 0 Å². The average Bonchev–Trinajstić information content (AvgIpc) is 3.03. The van der Waals surface area contributed by atoms with Crippen LogP contribution in [0.5, 0.6) is 0 Å². The van der Waals surface area contributed by atoms with Crippen LogP contribution in [0.15, 0.2) is 6.07 Å². The zero-order valence-corrected chi connectivity index (χ0v) is 28.5. The second-order valence-corrected chi connectivity index (χ2v) is 15.1. The zero-order valence-electron chi connectivity index (χ0n) is 27.6. The number of piperazine rings is 1. The van der Waals surface area contributed by atoms with E-state index in [9.17, 15) is 4.57 Å². The molecule has 11 nitrogen and oxygen atoms in total. The van der Waals surface area contributed by atoms with Gasteiger partial charge in [0, 0.05) is 44.8 Å². The summed E-state index contributed by atoms with van der Waals surface area (Å²) in [5.74, 6) is 3.48. The zero-order chi connectivity index (χ0) is 31.0. The summed E-state index contributed by atoms with van der Waals surface area (Å²) >= 11 is 0. The van der Waals surface area contributed by atoms with Crippen LogP contribution < -0.4 is 26.6 Å². The number of hydrogen-bond donors (Lipinski definition) is 4. The molecule has 4 rings (SSSR count). The van der Waals surface area contributed by atoms with Gasteiger partial charge < -0.3 is 35.6 Å². The van der Waals surface area contributed by atoms with E-state index in [0.717, 1.165) is 83.1 Å². The van der Waals surface area contributed by atoms with Crippen LogP contribution in [0.1, 0.15) is 84.5 Å². The monoisotopic (exact) mass is 636 g/mol. The van der Waals surface area contributed by atoms with E-state index in [1.54, 1.807) is 0 Å². The lowest BCUT2D eigenvalue weighted by Gasteiger charge is -2.35. The molecule has 0 atom stereocenters. The molecule has 0 unspecified atom stereocenters. The standard InChI is InChI=1S/C32H61N8O3P/c1-3-42-44(41,43-4-2)23-9-18-39-19-21-40(22-20-39)31-24-30(33)37-32(38-31)36-26-28-14-12-27(13-15-28)25-34-16-8-17-35-29-10-6-5-7-11-29/h24,27-29,34-35H,3-23,25-26H2,1-2H3,(H3,33,36,37,38). The first kappa shape index (κ1) is 35.4. The minimum absolute atomic E-state index is 0.409. The Morgan fingerprint density at radius 3 is 2.25 bits per heavy atom. The second-order valence-electron chi connectivity index (χ2n) is 12.9. The van der Waals surface area contributed by atoms with Crippen molar-refractivity contribution in [3.8, 4) is 0 Å². The van der Waals surface area contributed by atoms with Crippen molar-refractivity contribution in [2.45, 2.75) is 90.5 Å². The van der Waals surface area contributed by atoms with Crippen molar-refractivity contribution < 1.29 is 13.6 Å². The average molecular weight is 637 g/mol. The van der Waals surface area contributed by atoms with Crippen molar-refractivity contribution in [1.82, 2.24) is 25.5 Å². The first-order chi connectivity index (χ1) is 21.5. The summed E-state index contributed by atoms with van der Waals surface area (Å²) in [6.07, 6.45) is 14.5. The lowest BCUT2D eigenvalue weighted by Crippen LogP contribution is -2.47. The molecule has 0 aromatic carbocycles. The fourth-order valence-electron chi connectivity index (χ4n) is 6.95. The number of nitrogens with one attached hydrogen (secondary N) is 3. The van der Waals surface area contributed by atoms with Gasteiger partial charge in [-0.05, 0) is 103 Å². The van der Waals surface area contributed by atoms with Crippen LogP contribution in [0.3, 0.4) is 0 Å². The van der Waals surface area contributed by atoms with Crippen molar-refractivity contribution >= 4 is 25.2 Å². The molecular weight excluding hydrogens is 575 g/mol. The summed E-state index contributed by atoms with van der Waals surface area (Å²) in [5.41, 5.74) is 6.20. The summed E-state index contributed by atoms with van der Waals surface area (Å²) in [4.78, 5) is 14.0. The normalized spacial score (nSPS) is 22.4. The number of nitrogens with zero attached hydrogens (tertiary/aromatic N) is 4. The van der Waals surface area contributed by atoms with Crippen molar-refractivity contribution in [2.75, 3.05) is 94.2 Å². The van der Waals surface area contributed by atoms with Crippen LogP contribution in [0.25, 0.3) is 0 Å². The molecule has 12 heteroatoms. The molecule has 0 amide bonds. The number of nitrogens with two attached hydrogens (primary N) is 1. The molecule has 0 bridgehead atoms. The summed E-state index contributed by atoms with van der Waals surface area (Å²) in [7, 11) is -2.97. The maximum atomic E-state index is 12.7. The van der Waals surface area contributed by atoms with Gasteiger partial charge in [0.1, 0.15) is 11.6 Å². The van der Waals surface area contributed by atoms with Crippen molar-refractivity contribution in [1.29, 1.82) is 0 Å². The number of anilines is 3. The molecule has 1 aromatic heterocycles. The Labute approximate surface area is 266 Å². The Morgan fingerprint density at radius 1 is 0.886 bits per heavy atom. The van der Waals surface area contributed by atoms with Gasteiger partial charge in [-0.25, -0.2) is 0 Å². The predicted molar refractivity (Wildman–Crippen MR) is 182 cm³/mol. The van der Waals surface area contributed by atoms with Crippen LogP contribution >= 0.6 is 7.60 Å². The molecule has 252 valence electrons. The van der Waals surface area contributed by atoms with E-state index in [-0.39, 0.29) is 0 Å². The topological polar surface area (TPSA) is 130 Å². The van der Waals surface area contributed by atoms with Gasteiger partial charge in [-0.15, -0.1) is 0 Å². The molecule has 1 aromatic rings. The molecule has 3 aliphatic rings. The van der Waals surface area contributed by atoms with Crippen LogP contribution in [0.4, 0.5) is 17.6 Å². The SMILES string of the molecule is CCOP(=O)(CCCN1CCN(c2cc(N)nc(NCC3CCC(CNCCCNC4CCCCC4)CC3)n2)CC1)OCC. The van der Waals surface area contributed by atoms with E-state index in [1.165, 1.54) is 64.2 Å². The molecule has 2 saturated carbocycles. The highest BCUT2D eigenvalue weighted by Crippen LogP contribution is 2.48. The summed E-state index contributed by atoms with van der Waals surface area (Å²) in [5, 5.41) is 11.0. The fourth-order valence-corrected chi connectivity index (χ4v) is 8.60. The van der Waals surface area contributed by atoms with Crippen LogP contribution in [0, 0.1) is 11.8 Å². The lowest BCUT2D eigenvalue weighted by atomic mass is 9.82. The Bertz CT molecular complexity index is 972. The Hall–Kier alpha value is -1.49. The molecule has 1 saturated heterocycles. The first-order valence-corrected chi connectivity index (χ1v) is 19.4. The highest BCUT2D eigenvalue weighted by molar-refractivity contribution is 7.53. The van der Waals surface area contributed by atoms with Crippen molar-refractivity contribution in [2.24, 2.45) is 11.8 Å². The maximum Gasteiger partial charge on any atom is 0.330 e. The van der Waals surface area contributed by atoms with E-state index >= 15 is 0 Å². The third-order valence-electron chi connectivity index (χ3n) is 9.50. The van der Waals surface area contributed by atoms with E-state index in [1.807, 2.05) is 19.9 Å². The summed E-state index contributed by atoms with van der Waals surface area (Å²) < 4.78 is 23.6. The van der Waals surface area contributed by atoms with Crippen LogP contribution in [-0.2, 0) is 13.6 Å². The van der Waals surface area contributed by atoms with Gasteiger partial charge in [0.05, 0.1) is 19.4 Å². The van der Waals surface area contributed by atoms with E-state index < -0.39 is 7.60 Å². The van der Waals surface area contributed by atoms with Gasteiger partial charge in [0.25, 0.3) is 0 Å². The van der Waals surface area contributed by atoms with Gasteiger partial charge >= 0.3 is 7.60 Å². The van der Waals surface area contributed by atoms with Gasteiger partial charge in [-0.1, -0.05) is 19.3 Å². The quantitative estimate of drug-likeness (QED) is 0.122. The Morgan fingerprint density at radius 2 is 1.57 bits per heavy atom. The fraction of sp³-hybridized carbons (Fsp3) is 0.875. The van der Waals surface area contributed by atoms with Gasteiger partial charge in [-0.2, -0.15) is 9.97 Å². The smallest absolute Gasteiger partial charge is 0.330 e. The molecule has 0 spiro atoms. The van der Waals surface area contributed by atoms with Crippen LogP contribution in [-0.4, -0.2) is 99.2 Å².